The molecule has 2 aromatic carbocycles. The lowest BCUT2D eigenvalue weighted by molar-refractivity contribution is -0.147. The minimum atomic E-state index is -1.10. The molecular weight excluding hydrogens is 573 g/mol. The Morgan fingerprint density at radius 1 is 0.955 bits per heavy atom. The van der Waals surface area contributed by atoms with Crippen molar-refractivity contribution in [3.05, 3.63) is 83.4 Å². The summed E-state index contributed by atoms with van der Waals surface area (Å²) in [6, 6.07) is 12.6. The number of nitrogens with one attached hydrogen (secondary N) is 2. The molecule has 232 valence electrons. The average molecular weight is 608 g/mol. The number of nitrogens with zero attached hydrogens (tertiary/aromatic N) is 5. The number of carbonyl (C=O) groups excluding carboxylic acids is 4. The SMILES string of the molecule is O=C1NCCOCCOCC(=O)N2CCN(C(=O)c3ccc(F)cc3)C[C@H]2C(=O)N[C@@H]1Cc1cn(Cc2ccccc2)nn1. The van der Waals surface area contributed by atoms with Gasteiger partial charge in [-0.15, -0.1) is 5.10 Å². The van der Waals surface area contributed by atoms with Crippen LogP contribution in [0.4, 0.5) is 4.39 Å². The van der Waals surface area contributed by atoms with Crippen LogP contribution in [0.1, 0.15) is 21.6 Å². The highest BCUT2D eigenvalue weighted by molar-refractivity contribution is 5.96. The minimum Gasteiger partial charge on any atom is -0.377 e. The van der Waals surface area contributed by atoms with Crippen LogP contribution in [-0.2, 0) is 36.8 Å². The third-order valence-electron chi connectivity index (χ3n) is 7.34. The highest BCUT2D eigenvalue weighted by atomic mass is 19.1. The molecule has 2 aliphatic rings. The molecule has 4 amide bonds. The quantitative estimate of drug-likeness (QED) is 0.412. The van der Waals surface area contributed by atoms with Crippen LogP contribution < -0.4 is 10.6 Å². The third kappa shape index (κ3) is 8.02. The van der Waals surface area contributed by atoms with E-state index in [-0.39, 0.29) is 64.6 Å². The number of rotatable bonds is 5. The first-order valence-electron chi connectivity index (χ1n) is 14.4. The largest absolute Gasteiger partial charge is 0.377 e. The van der Waals surface area contributed by atoms with Crippen molar-refractivity contribution < 1.29 is 33.0 Å². The van der Waals surface area contributed by atoms with E-state index in [1.54, 1.807) is 10.9 Å². The summed E-state index contributed by atoms with van der Waals surface area (Å²) in [6.07, 6.45) is 1.75. The molecule has 44 heavy (non-hydrogen) atoms. The summed E-state index contributed by atoms with van der Waals surface area (Å²) in [5.74, 6) is -2.39. The van der Waals surface area contributed by atoms with Gasteiger partial charge in [-0.05, 0) is 29.8 Å². The second-order valence-corrected chi connectivity index (χ2v) is 10.5. The Kier molecular flexibility index (Phi) is 10.2. The van der Waals surface area contributed by atoms with E-state index in [9.17, 15) is 23.6 Å². The van der Waals surface area contributed by atoms with Gasteiger partial charge in [-0.3, -0.25) is 19.2 Å². The predicted octanol–water partition coefficient (Wildman–Crippen LogP) is 0.00900. The summed E-state index contributed by atoms with van der Waals surface area (Å²) in [6.45, 7) is 1.08. The second kappa shape index (κ2) is 14.7. The monoisotopic (exact) mass is 607 g/mol. The van der Waals surface area contributed by atoms with Crippen LogP contribution in [-0.4, -0.2) is 113 Å². The van der Waals surface area contributed by atoms with E-state index in [0.717, 1.165) is 5.56 Å². The van der Waals surface area contributed by atoms with Gasteiger partial charge < -0.3 is 29.9 Å². The molecule has 0 unspecified atom stereocenters. The summed E-state index contributed by atoms with van der Waals surface area (Å²) in [7, 11) is 0. The Bertz CT molecular complexity index is 1450. The lowest BCUT2D eigenvalue weighted by atomic mass is 10.1. The molecule has 2 aliphatic heterocycles. The maximum Gasteiger partial charge on any atom is 0.254 e. The molecule has 2 N–H and O–H groups in total. The zero-order valence-corrected chi connectivity index (χ0v) is 24.1. The number of halogens is 1. The molecule has 14 heteroatoms. The van der Waals surface area contributed by atoms with E-state index in [1.807, 2.05) is 30.3 Å². The van der Waals surface area contributed by atoms with Gasteiger partial charge in [-0.25, -0.2) is 9.07 Å². The van der Waals surface area contributed by atoms with Crippen LogP contribution in [0.2, 0.25) is 0 Å². The molecule has 0 radical (unpaired) electrons. The average Bonchev–Trinajstić information content (AvgIpc) is 3.47. The van der Waals surface area contributed by atoms with E-state index in [1.165, 1.54) is 34.1 Å². The van der Waals surface area contributed by atoms with Crippen molar-refractivity contribution in [2.45, 2.75) is 25.0 Å². The highest BCUT2D eigenvalue weighted by Gasteiger charge is 2.38. The van der Waals surface area contributed by atoms with Gasteiger partial charge in [0.1, 0.15) is 24.5 Å². The second-order valence-electron chi connectivity index (χ2n) is 10.5. The van der Waals surface area contributed by atoms with Gasteiger partial charge in [0, 0.05) is 37.8 Å². The predicted molar refractivity (Wildman–Crippen MR) is 154 cm³/mol. The van der Waals surface area contributed by atoms with Crippen molar-refractivity contribution in [1.82, 2.24) is 35.4 Å². The lowest BCUT2D eigenvalue weighted by Crippen LogP contribution is -2.64. The molecule has 2 fully saturated rings. The first-order valence-corrected chi connectivity index (χ1v) is 14.4. The van der Waals surface area contributed by atoms with Gasteiger partial charge in [0.15, 0.2) is 0 Å². The third-order valence-corrected chi connectivity index (χ3v) is 7.34. The summed E-state index contributed by atoms with van der Waals surface area (Å²) < 4.78 is 26.0. The van der Waals surface area contributed by atoms with Crippen LogP contribution >= 0.6 is 0 Å². The zero-order valence-electron chi connectivity index (χ0n) is 24.1. The Balaban J connectivity index is 1.35. The number of fused-ring (bicyclic) bond motifs is 1. The smallest absolute Gasteiger partial charge is 0.254 e. The van der Waals surface area contributed by atoms with E-state index < -0.39 is 41.5 Å². The number of hydrogen-bond acceptors (Lipinski definition) is 8. The van der Waals surface area contributed by atoms with Gasteiger partial charge in [-0.2, -0.15) is 0 Å². The number of hydrogen-bond donors (Lipinski definition) is 2. The van der Waals surface area contributed by atoms with Crippen LogP contribution in [0.15, 0.2) is 60.8 Å². The maximum absolute atomic E-state index is 13.8. The summed E-state index contributed by atoms with van der Waals surface area (Å²) in [5, 5.41) is 13.9. The van der Waals surface area contributed by atoms with E-state index in [0.29, 0.717) is 12.2 Å². The number of benzene rings is 2. The molecule has 2 atom stereocenters. The van der Waals surface area contributed by atoms with Crippen molar-refractivity contribution in [2.75, 3.05) is 52.6 Å². The van der Waals surface area contributed by atoms with Crippen molar-refractivity contribution in [2.24, 2.45) is 0 Å². The van der Waals surface area contributed by atoms with Gasteiger partial charge in [0.05, 0.1) is 38.6 Å². The Hall–Kier alpha value is -4.69. The molecule has 0 spiro atoms. The van der Waals surface area contributed by atoms with Crippen molar-refractivity contribution in [3.63, 3.8) is 0 Å². The molecule has 2 saturated heterocycles. The van der Waals surface area contributed by atoms with E-state index in [2.05, 4.69) is 20.9 Å². The van der Waals surface area contributed by atoms with E-state index >= 15 is 0 Å². The number of amides is 4. The van der Waals surface area contributed by atoms with Crippen molar-refractivity contribution >= 4 is 23.6 Å². The lowest BCUT2D eigenvalue weighted by Gasteiger charge is -2.41. The van der Waals surface area contributed by atoms with E-state index in [4.69, 9.17) is 9.47 Å². The van der Waals surface area contributed by atoms with Crippen molar-refractivity contribution in [1.29, 1.82) is 0 Å². The highest BCUT2D eigenvalue weighted by Crippen LogP contribution is 2.16. The van der Waals surface area contributed by atoms with Crippen molar-refractivity contribution in [3.8, 4) is 0 Å². The molecule has 0 bridgehead atoms. The first kappa shape index (κ1) is 30.8. The van der Waals surface area contributed by atoms with Gasteiger partial charge in [0.2, 0.25) is 17.7 Å². The Morgan fingerprint density at radius 3 is 2.52 bits per heavy atom. The molecule has 0 saturated carbocycles. The first-order chi connectivity index (χ1) is 21.4. The fraction of sp³-hybridized carbons (Fsp3) is 0.400. The summed E-state index contributed by atoms with van der Waals surface area (Å²) >= 11 is 0. The maximum atomic E-state index is 13.8. The van der Waals surface area contributed by atoms with Gasteiger partial charge >= 0.3 is 0 Å². The molecule has 0 aliphatic carbocycles. The topological polar surface area (TPSA) is 148 Å². The van der Waals surface area contributed by atoms with Crippen LogP contribution in [0, 0.1) is 5.82 Å². The number of ether oxygens (including phenoxy) is 2. The zero-order chi connectivity index (χ0) is 30.9. The normalized spacial score (nSPS) is 20.6. The fourth-order valence-corrected chi connectivity index (χ4v) is 5.06. The van der Waals surface area contributed by atoms with Gasteiger partial charge in [0.25, 0.3) is 5.91 Å². The molecule has 3 heterocycles. The molecule has 13 nitrogen and oxygen atoms in total. The molecule has 1 aromatic heterocycles. The number of carbonyl (C=O) groups is 4. The van der Waals surface area contributed by atoms with Crippen LogP contribution in [0.5, 0.6) is 0 Å². The fourth-order valence-electron chi connectivity index (χ4n) is 5.06. The molecule has 5 rings (SSSR count). The summed E-state index contributed by atoms with van der Waals surface area (Å²) in [4.78, 5) is 56.2. The van der Waals surface area contributed by atoms with Crippen LogP contribution in [0.3, 0.4) is 0 Å². The Morgan fingerprint density at radius 2 is 1.73 bits per heavy atom. The molecular formula is C30H34FN7O6. The minimum absolute atomic E-state index is 0.0369. The Labute approximate surface area is 253 Å². The number of aromatic nitrogens is 3. The standard InChI is InChI=1S/C30H34FN7O6/c31-23-8-6-22(7-9-23)30(42)36-11-12-38-26(19-36)29(41)33-25(28(40)32-10-13-43-14-15-44-20-27(38)39)16-24-18-37(35-34-24)17-21-4-2-1-3-5-21/h1-9,18,25-26H,10-17,19-20H2,(H,32,40)(H,33,41)/t25-,26+/m1/s1. The summed E-state index contributed by atoms with van der Waals surface area (Å²) in [5.41, 5.74) is 1.76. The molecule has 3 aromatic rings. The number of piperazine rings is 1. The van der Waals surface area contributed by atoms with Gasteiger partial charge in [-0.1, -0.05) is 35.5 Å². The van der Waals surface area contributed by atoms with Crippen LogP contribution in [0.25, 0.3) is 0 Å².